The summed E-state index contributed by atoms with van der Waals surface area (Å²) in [5, 5.41) is 4.47. The Hall–Kier alpha value is -0.550. The number of hydrogen-bond acceptors (Lipinski definition) is 5. The highest BCUT2D eigenvalue weighted by Gasteiger charge is 2.21. The van der Waals surface area contributed by atoms with Crippen LogP contribution in [0.4, 0.5) is 0 Å². The maximum atomic E-state index is 5.88. The average molecular weight is 243 g/mol. The van der Waals surface area contributed by atoms with Gasteiger partial charge in [-0.25, -0.2) is 0 Å². The maximum absolute atomic E-state index is 5.88. The summed E-state index contributed by atoms with van der Waals surface area (Å²) >= 11 is 1.82. The van der Waals surface area contributed by atoms with E-state index in [2.05, 4.69) is 30.9 Å². The summed E-state index contributed by atoms with van der Waals surface area (Å²) in [4.78, 5) is 4.29. The quantitative estimate of drug-likeness (QED) is 0.861. The Balaban J connectivity index is 2.53. The number of hydrogen-bond donors (Lipinski definition) is 1. The number of thioether (sulfide) groups is 1. The maximum Gasteiger partial charge on any atom is 0.236 e. The third-order valence-corrected chi connectivity index (χ3v) is 3.94. The van der Waals surface area contributed by atoms with Crippen molar-refractivity contribution in [3.8, 4) is 0 Å². The number of nitrogens with two attached hydrogens (primary N) is 1. The van der Waals surface area contributed by atoms with Gasteiger partial charge in [0.05, 0.1) is 11.3 Å². The Morgan fingerprint density at radius 2 is 2.00 bits per heavy atom. The minimum atomic E-state index is -0.532. The highest BCUT2D eigenvalue weighted by atomic mass is 32.2. The predicted molar refractivity (Wildman–Crippen MR) is 67.1 cm³/mol. The molecule has 1 heterocycles. The second-order valence-corrected chi connectivity index (χ2v) is 6.36. The van der Waals surface area contributed by atoms with E-state index >= 15 is 0 Å². The molecule has 4 nitrogen and oxygen atoms in total. The Bertz CT molecular complexity index is 330. The van der Waals surface area contributed by atoms with Crippen LogP contribution in [0.3, 0.4) is 0 Å². The highest BCUT2D eigenvalue weighted by Crippen LogP contribution is 2.23. The molecular formula is C11H21N3OS. The summed E-state index contributed by atoms with van der Waals surface area (Å²) in [6.07, 6.45) is 0. The molecule has 0 radical (unpaired) electrons. The minimum Gasteiger partial charge on any atom is -0.338 e. The van der Waals surface area contributed by atoms with Gasteiger partial charge in [-0.05, 0) is 19.8 Å². The van der Waals surface area contributed by atoms with Gasteiger partial charge < -0.3 is 10.3 Å². The van der Waals surface area contributed by atoms with Crippen LogP contribution in [0, 0.1) is 5.92 Å². The Kier molecular flexibility index (Phi) is 4.38. The Morgan fingerprint density at radius 3 is 2.44 bits per heavy atom. The fourth-order valence-corrected chi connectivity index (χ4v) is 1.88. The van der Waals surface area contributed by atoms with Crippen molar-refractivity contribution in [2.24, 2.45) is 11.7 Å². The molecule has 1 atom stereocenters. The summed E-state index contributed by atoms with van der Waals surface area (Å²) in [5.41, 5.74) is 5.35. The molecule has 5 heteroatoms. The monoisotopic (exact) mass is 243 g/mol. The van der Waals surface area contributed by atoms with Crippen LogP contribution in [0.15, 0.2) is 4.52 Å². The first-order chi connectivity index (χ1) is 7.30. The molecule has 0 aliphatic heterocycles. The summed E-state index contributed by atoms with van der Waals surface area (Å²) in [5.74, 6) is 2.63. The molecule has 1 aromatic heterocycles. The van der Waals surface area contributed by atoms with Gasteiger partial charge >= 0.3 is 0 Å². The molecule has 16 heavy (non-hydrogen) atoms. The molecule has 0 aromatic carbocycles. The van der Waals surface area contributed by atoms with Crippen molar-refractivity contribution in [2.45, 2.75) is 51.2 Å². The third kappa shape index (κ3) is 3.79. The molecule has 1 unspecified atom stereocenters. The van der Waals surface area contributed by atoms with E-state index < -0.39 is 5.54 Å². The van der Waals surface area contributed by atoms with Crippen LogP contribution >= 0.6 is 11.8 Å². The van der Waals surface area contributed by atoms with E-state index in [-0.39, 0.29) is 0 Å². The van der Waals surface area contributed by atoms with Gasteiger partial charge in [0, 0.05) is 5.25 Å². The second kappa shape index (κ2) is 5.19. The summed E-state index contributed by atoms with van der Waals surface area (Å²) in [6, 6.07) is 0. The van der Waals surface area contributed by atoms with Gasteiger partial charge in [0.1, 0.15) is 0 Å². The van der Waals surface area contributed by atoms with Crippen molar-refractivity contribution in [2.75, 3.05) is 0 Å². The second-order valence-electron chi connectivity index (χ2n) is 4.99. The molecule has 1 aromatic rings. The summed E-state index contributed by atoms with van der Waals surface area (Å²) in [7, 11) is 0. The van der Waals surface area contributed by atoms with E-state index in [1.54, 1.807) is 0 Å². The lowest BCUT2D eigenvalue weighted by atomic mass is 10.1. The van der Waals surface area contributed by atoms with Crippen LogP contribution < -0.4 is 5.73 Å². The largest absolute Gasteiger partial charge is 0.338 e. The molecule has 0 aliphatic carbocycles. The van der Waals surface area contributed by atoms with Crippen LogP contribution in [-0.4, -0.2) is 15.4 Å². The molecule has 0 aliphatic rings. The molecular weight excluding hydrogens is 222 g/mol. The normalized spacial score (nSPS) is 14.4. The van der Waals surface area contributed by atoms with Crippen molar-refractivity contribution in [3.05, 3.63) is 11.7 Å². The van der Waals surface area contributed by atoms with Crippen LogP contribution in [0.25, 0.3) is 0 Å². The molecule has 0 amide bonds. The SMILES string of the molecule is CC(C)C(C)SCc1nc(C(C)(C)N)no1. The molecule has 0 saturated heterocycles. The molecule has 0 fully saturated rings. The number of rotatable bonds is 5. The first kappa shape index (κ1) is 13.5. The molecule has 92 valence electrons. The van der Waals surface area contributed by atoms with Gasteiger partial charge in [-0.1, -0.05) is 25.9 Å². The van der Waals surface area contributed by atoms with Crippen LogP contribution in [0.1, 0.15) is 46.3 Å². The van der Waals surface area contributed by atoms with E-state index in [0.29, 0.717) is 22.9 Å². The number of nitrogens with zero attached hydrogens (tertiary/aromatic N) is 2. The van der Waals surface area contributed by atoms with E-state index in [0.717, 1.165) is 5.75 Å². The van der Waals surface area contributed by atoms with Gasteiger partial charge in [-0.2, -0.15) is 4.98 Å². The molecule has 0 spiro atoms. The fourth-order valence-electron chi connectivity index (χ4n) is 0.970. The lowest BCUT2D eigenvalue weighted by molar-refractivity contribution is 0.369. The van der Waals surface area contributed by atoms with E-state index in [1.807, 2.05) is 25.6 Å². The number of aromatic nitrogens is 2. The van der Waals surface area contributed by atoms with Crippen LogP contribution in [0.2, 0.25) is 0 Å². The van der Waals surface area contributed by atoms with E-state index in [9.17, 15) is 0 Å². The highest BCUT2D eigenvalue weighted by molar-refractivity contribution is 7.99. The Labute approximate surface area is 101 Å². The molecule has 2 N–H and O–H groups in total. The zero-order valence-corrected chi connectivity index (χ0v) is 11.5. The van der Waals surface area contributed by atoms with Crippen LogP contribution in [0.5, 0.6) is 0 Å². The van der Waals surface area contributed by atoms with Crippen molar-refractivity contribution < 1.29 is 4.52 Å². The predicted octanol–water partition coefficient (Wildman–Crippen LogP) is 2.54. The zero-order valence-electron chi connectivity index (χ0n) is 10.7. The van der Waals surface area contributed by atoms with Crippen molar-refractivity contribution >= 4 is 11.8 Å². The van der Waals surface area contributed by atoms with Gasteiger partial charge in [0.2, 0.25) is 5.89 Å². The van der Waals surface area contributed by atoms with Crippen molar-refractivity contribution in [1.82, 2.24) is 10.1 Å². The van der Waals surface area contributed by atoms with Gasteiger partial charge in [-0.15, -0.1) is 11.8 Å². The molecule has 0 bridgehead atoms. The van der Waals surface area contributed by atoms with Gasteiger partial charge in [-0.3, -0.25) is 0 Å². The first-order valence-electron chi connectivity index (χ1n) is 5.54. The molecule has 1 rings (SSSR count). The van der Waals surface area contributed by atoms with Gasteiger partial charge in [0.25, 0.3) is 0 Å². The van der Waals surface area contributed by atoms with E-state index in [1.165, 1.54) is 0 Å². The van der Waals surface area contributed by atoms with Gasteiger partial charge in [0.15, 0.2) is 5.82 Å². The lowest BCUT2D eigenvalue weighted by Crippen LogP contribution is -2.30. The zero-order chi connectivity index (χ0) is 12.3. The molecule has 0 saturated carbocycles. The summed E-state index contributed by atoms with van der Waals surface area (Å²) in [6.45, 7) is 10.4. The minimum absolute atomic E-state index is 0.532. The van der Waals surface area contributed by atoms with E-state index in [4.69, 9.17) is 10.3 Å². The fraction of sp³-hybridized carbons (Fsp3) is 0.818. The van der Waals surface area contributed by atoms with Crippen molar-refractivity contribution in [1.29, 1.82) is 0 Å². The summed E-state index contributed by atoms with van der Waals surface area (Å²) < 4.78 is 5.16. The van der Waals surface area contributed by atoms with Crippen molar-refractivity contribution in [3.63, 3.8) is 0 Å². The standard InChI is InChI=1S/C11H21N3OS/c1-7(2)8(3)16-6-9-13-10(14-15-9)11(4,5)12/h7-8H,6,12H2,1-5H3. The topological polar surface area (TPSA) is 64.9 Å². The Morgan fingerprint density at radius 1 is 1.38 bits per heavy atom. The lowest BCUT2D eigenvalue weighted by Gasteiger charge is -2.13. The average Bonchev–Trinajstić information content (AvgIpc) is 2.61. The van der Waals surface area contributed by atoms with Crippen LogP contribution in [-0.2, 0) is 11.3 Å². The third-order valence-electron chi connectivity index (χ3n) is 2.45. The smallest absolute Gasteiger partial charge is 0.236 e. The first-order valence-corrected chi connectivity index (χ1v) is 6.59.